The number of nitrogens with zero attached hydrogens (tertiary/aromatic N) is 1. The standard InChI is InChI=1S/C20H25FN2O2/c1-13-4-3-5-17(14(13)2)23-19(24)10-11-20-22-12-18(25-20)15-6-8-16(21)9-7-15/h6-9,12-14,17H,3-5,10-11H2,1-2H3,(H,23,24). The molecule has 3 atom stereocenters. The lowest BCUT2D eigenvalue weighted by Gasteiger charge is -2.34. The Morgan fingerprint density at radius 1 is 1.28 bits per heavy atom. The van der Waals surface area contributed by atoms with Crippen LogP contribution in [0.3, 0.4) is 0 Å². The summed E-state index contributed by atoms with van der Waals surface area (Å²) in [7, 11) is 0. The van der Waals surface area contributed by atoms with E-state index in [9.17, 15) is 9.18 Å². The van der Waals surface area contributed by atoms with Gasteiger partial charge in [0.2, 0.25) is 5.91 Å². The second-order valence-corrected chi connectivity index (χ2v) is 7.07. The summed E-state index contributed by atoms with van der Waals surface area (Å²) in [6.07, 6.45) is 5.92. The van der Waals surface area contributed by atoms with Gasteiger partial charge in [-0.2, -0.15) is 0 Å². The van der Waals surface area contributed by atoms with Crippen LogP contribution in [0, 0.1) is 17.7 Å². The average molecular weight is 344 g/mol. The molecule has 0 spiro atoms. The molecule has 0 radical (unpaired) electrons. The Balaban J connectivity index is 1.52. The first-order valence-corrected chi connectivity index (χ1v) is 9.03. The SMILES string of the molecule is CC1CCCC(NC(=O)CCc2ncc(-c3ccc(F)cc3)o2)C1C. The smallest absolute Gasteiger partial charge is 0.220 e. The maximum Gasteiger partial charge on any atom is 0.220 e. The molecule has 4 nitrogen and oxygen atoms in total. The summed E-state index contributed by atoms with van der Waals surface area (Å²) in [5.74, 6) is 2.05. The minimum Gasteiger partial charge on any atom is -0.441 e. The Morgan fingerprint density at radius 2 is 2.04 bits per heavy atom. The summed E-state index contributed by atoms with van der Waals surface area (Å²) >= 11 is 0. The number of rotatable bonds is 5. The Morgan fingerprint density at radius 3 is 2.80 bits per heavy atom. The number of hydrogen-bond acceptors (Lipinski definition) is 3. The van der Waals surface area contributed by atoms with Crippen LogP contribution in [-0.2, 0) is 11.2 Å². The van der Waals surface area contributed by atoms with E-state index in [1.165, 1.54) is 25.0 Å². The predicted octanol–water partition coefficient (Wildman–Crippen LogP) is 4.35. The number of benzene rings is 1. The third-order valence-electron chi connectivity index (χ3n) is 5.30. The van der Waals surface area contributed by atoms with Crippen LogP contribution in [0.25, 0.3) is 11.3 Å². The topological polar surface area (TPSA) is 55.1 Å². The zero-order valence-electron chi connectivity index (χ0n) is 14.8. The van der Waals surface area contributed by atoms with Crippen molar-refractivity contribution in [2.45, 2.75) is 52.0 Å². The summed E-state index contributed by atoms with van der Waals surface area (Å²) in [6.45, 7) is 4.48. The number of carbonyl (C=O) groups excluding carboxylic acids is 1. The van der Waals surface area contributed by atoms with E-state index < -0.39 is 0 Å². The van der Waals surface area contributed by atoms with Gasteiger partial charge in [-0.15, -0.1) is 0 Å². The number of aromatic nitrogens is 1. The van der Waals surface area contributed by atoms with Crippen LogP contribution in [0.5, 0.6) is 0 Å². The largest absolute Gasteiger partial charge is 0.441 e. The van der Waals surface area contributed by atoms with Crippen molar-refractivity contribution in [2.75, 3.05) is 0 Å². The second-order valence-electron chi connectivity index (χ2n) is 7.07. The van der Waals surface area contributed by atoms with Gasteiger partial charge in [0.1, 0.15) is 5.82 Å². The number of aryl methyl sites for hydroxylation is 1. The van der Waals surface area contributed by atoms with Crippen LogP contribution in [0.1, 0.15) is 45.4 Å². The first kappa shape index (κ1) is 17.6. The molecule has 1 aromatic heterocycles. The van der Waals surface area contributed by atoms with Gasteiger partial charge < -0.3 is 9.73 Å². The van der Waals surface area contributed by atoms with Crippen LogP contribution in [0.2, 0.25) is 0 Å². The van der Waals surface area contributed by atoms with Crippen LogP contribution in [0.4, 0.5) is 4.39 Å². The first-order chi connectivity index (χ1) is 12.0. The molecule has 1 heterocycles. The van der Waals surface area contributed by atoms with E-state index in [0.29, 0.717) is 36.3 Å². The highest BCUT2D eigenvalue weighted by atomic mass is 19.1. The van der Waals surface area contributed by atoms with Crippen LogP contribution >= 0.6 is 0 Å². The quantitative estimate of drug-likeness (QED) is 0.877. The number of hydrogen-bond donors (Lipinski definition) is 1. The Bertz CT molecular complexity index is 711. The fourth-order valence-corrected chi connectivity index (χ4v) is 3.46. The maximum atomic E-state index is 13.0. The van der Waals surface area contributed by atoms with Crippen LogP contribution in [0.15, 0.2) is 34.9 Å². The highest BCUT2D eigenvalue weighted by Crippen LogP contribution is 2.29. The normalized spacial score (nSPS) is 23.4. The summed E-state index contributed by atoms with van der Waals surface area (Å²) < 4.78 is 18.6. The number of nitrogens with one attached hydrogen (secondary N) is 1. The minimum absolute atomic E-state index is 0.0486. The average Bonchev–Trinajstić information content (AvgIpc) is 3.07. The van der Waals surface area contributed by atoms with E-state index in [2.05, 4.69) is 24.1 Å². The molecule has 1 N–H and O–H groups in total. The van der Waals surface area contributed by atoms with Crippen molar-refractivity contribution in [1.82, 2.24) is 10.3 Å². The number of halogens is 1. The Labute approximate surface area is 147 Å². The zero-order chi connectivity index (χ0) is 17.8. The third kappa shape index (κ3) is 4.47. The molecule has 3 unspecified atom stereocenters. The number of carbonyl (C=O) groups is 1. The molecule has 0 aliphatic heterocycles. The molecule has 1 saturated carbocycles. The Kier molecular flexibility index (Phi) is 5.51. The van der Waals surface area contributed by atoms with Crippen LogP contribution in [-0.4, -0.2) is 16.9 Å². The van der Waals surface area contributed by atoms with Gasteiger partial charge in [0.15, 0.2) is 11.7 Å². The van der Waals surface area contributed by atoms with E-state index in [1.54, 1.807) is 18.3 Å². The first-order valence-electron chi connectivity index (χ1n) is 9.03. The molecule has 3 rings (SSSR count). The fourth-order valence-electron chi connectivity index (χ4n) is 3.46. The molecule has 0 bridgehead atoms. The molecule has 5 heteroatoms. The molecule has 1 aliphatic carbocycles. The van der Waals surface area contributed by atoms with E-state index >= 15 is 0 Å². The van der Waals surface area contributed by atoms with Crippen molar-refractivity contribution in [1.29, 1.82) is 0 Å². The third-order valence-corrected chi connectivity index (χ3v) is 5.30. The zero-order valence-corrected chi connectivity index (χ0v) is 14.8. The summed E-state index contributed by atoms with van der Waals surface area (Å²) in [5.41, 5.74) is 0.773. The van der Waals surface area contributed by atoms with Crippen molar-refractivity contribution in [3.05, 3.63) is 42.2 Å². The fraction of sp³-hybridized carbons (Fsp3) is 0.500. The van der Waals surface area contributed by atoms with Gasteiger partial charge in [-0.1, -0.05) is 26.7 Å². The van der Waals surface area contributed by atoms with Gasteiger partial charge in [-0.3, -0.25) is 4.79 Å². The molecule has 0 saturated heterocycles. The van der Waals surface area contributed by atoms with E-state index in [0.717, 1.165) is 12.0 Å². The van der Waals surface area contributed by atoms with Gasteiger partial charge in [0.25, 0.3) is 0 Å². The van der Waals surface area contributed by atoms with E-state index in [4.69, 9.17) is 4.42 Å². The molecule has 134 valence electrons. The summed E-state index contributed by atoms with van der Waals surface area (Å²) in [5, 5.41) is 3.16. The van der Waals surface area contributed by atoms with Gasteiger partial charge in [0.05, 0.1) is 6.20 Å². The number of amides is 1. The lowest BCUT2D eigenvalue weighted by Crippen LogP contribution is -2.43. The monoisotopic (exact) mass is 344 g/mol. The highest BCUT2D eigenvalue weighted by molar-refractivity contribution is 5.76. The lowest BCUT2D eigenvalue weighted by atomic mass is 9.78. The van der Waals surface area contributed by atoms with Crippen molar-refractivity contribution < 1.29 is 13.6 Å². The van der Waals surface area contributed by atoms with Crippen molar-refractivity contribution in [3.8, 4) is 11.3 Å². The summed E-state index contributed by atoms with van der Waals surface area (Å²) in [4.78, 5) is 16.4. The van der Waals surface area contributed by atoms with Gasteiger partial charge in [-0.25, -0.2) is 9.37 Å². The molecule has 1 fully saturated rings. The van der Waals surface area contributed by atoms with E-state index in [1.807, 2.05) is 0 Å². The van der Waals surface area contributed by atoms with E-state index in [-0.39, 0.29) is 17.8 Å². The predicted molar refractivity (Wildman–Crippen MR) is 94.3 cm³/mol. The second kappa shape index (κ2) is 7.81. The van der Waals surface area contributed by atoms with Gasteiger partial charge in [-0.05, 0) is 42.5 Å². The maximum absolute atomic E-state index is 13.0. The lowest BCUT2D eigenvalue weighted by molar-refractivity contribution is -0.122. The minimum atomic E-state index is -0.286. The van der Waals surface area contributed by atoms with Gasteiger partial charge in [0, 0.05) is 24.4 Å². The Hall–Kier alpha value is -2.17. The van der Waals surface area contributed by atoms with Crippen LogP contribution < -0.4 is 5.32 Å². The number of oxazole rings is 1. The van der Waals surface area contributed by atoms with Crippen molar-refractivity contribution >= 4 is 5.91 Å². The highest BCUT2D eigenvalue weighted by Gasteiger charge is 2.28. The molecule has 1 aromatic carbocycles. The van der Waals surface area contributed by atoms with Crippen molar-refractivity contribution in [2.24, 2.45) is 11.8 Å². The molecule has 2 aromatic rings. The molecular weight excluding hydrogens is 319 g/mol. The van der Waals surface area contributed by atoms with Gasteiger partial charge >= 0.3 is 0 Å². The molecule has 1 aliphatic rings. The molecular formula is C20H25FN2O2. The van der Waals surface area contributed by atoms with Crippen molar-refractivity contribution in [3.63, 3.8) is 0 Å². The molecule has 25 heavy (non-hydrogen) atoms. The molecule has 1 amide bonds. The summed E-state index contributed by atoms with van der Waals surface area (Å²) in [6, 6.07) is 6.35.